The molecule has 0 fully saturated rings. The highest BCUT2D eigenvalue weighted by Crippen LogP contribution is 2.12. The van der Waals surface area contributed by atoms with Gasteiger partial charge in [0.15, 0.2) is 5.82 Å². The van der Waals surface area contributed by atoms with Gasteiger partial charge in [-0.15, -0.1) is 0 Å². The molecular formula is C13H23N3O2. The van der Waals surface area contributed by atoms with Crippen molar-refractivity contribution >= 4 is 5.82 Å². The van der Waals surface area contributed by atoms with E-state index in [-0.39, 0.29) is 29.7 Å². The van der Waals surface area contributed by atoms with Crippen LogP contribution in [0.2, 0.25) is 0 Å². The first kappa shape index (κ1) is 14.7. The van der Waals surface area contributed by atoms with E-state index < -0.39 is 0 Å². The van der Waals surface area contributed by atoms with Crippen LogP contribution in [0.5, 0.6) is 0 Å². The van der Waals surface area contributed by atoms with Crippen molar-refractivity contribution in [2.24, 2.45) is 5.92 Å². The molecule has 1 heterocycles. The molecule has 0 aliphatic carbocycles. The summed E-state index contributed by atoms with van der Waals surface area (Å²) in [4.78, 5) is 16.3. The smallest absolute Gasteiger partial charge is 0.293 e. The van der Waals surface area contributed by atoms with Crippen LogP contribution in [0.3, 0.4) is 0 Å². The highest BCUT2D eigenvalue weighted by molar-refractivity contribution is 5.32. The van der Waals surface area contributed by atoms with E-state index in [0.717, 1.165) is 0 Å². The first-order chi connectivity index (χ1) is 8.27. The van der Waals surface area contributed by atoms with Gasteiger partial charge < -0.3 is 15.0 Å². The van der Waals surface area contributed by atoms with Crippen LogP contribution in [-0.2, 0) is 5.54 Å². The fourth-order valence-corrected chi connectivity index (χ4v) is 1.64. The molecule has 1 aromatic rings. The zero-order chi connectivity index (χ0) is 13.9. The van der Waals surface area contributed by atoms with Gasteiger partial charge in [0.1, 0.15) is 0 Å². The molecular weight excluding hydrogens is 230 g/mol. The van der Waals surface area contributed by atoms with Crippen LogP contribution in [0.25, 0.3) is 0 Å². The molecule has 0 aliphatic rings. The second-order valence-corrected chi connectivity index (χ2v) is 5.80. The molecule has 0 spiro atoms. The first-order valence-electron chi connectivity index (χ1n) is 6.23. The molecule has 18 heavy (non-hydrogen) atoms. The summed E-state index contributed by atoms with van der Waals surface area (Å²) in [5.41, 5.74) is -0.452. The monoisotopic (exact) mass is 253 g/mol. The van der Waals surface area contributed by atoms with Gasteiger partial charge in [0.25, 0.3) is 5.56 Å². The van der Waals surface area contributed by atoms with Gasteiger partial charge in [-0.3, -0.25) is 4.79 Å². The summed E-state index contributed by atoms with van der Waals surface area (Å²) in [6.07, 6.45) is 3.28. The fraction of sp³-hybridized carbons (Fsp3) is 0.692. The zero-order valence-corrected chi connectivity index (χ0v) is 11.8. The number of hydrogen-bond donors (Lipinski definition) is 2. The molecule has 1 aromatic heterocycles. The summed E-state index contributed by atoms with van der Waals surface area (Å²) in [6.45, 7) is 9.83. The van der Waals surface area contributed by atoms with Crippen LogP contribution >= 0.6 is 0 Å². The van der Waals surface area contributed by atoms with Crippen molar-refractivity contribution in [3.05, 3.63) is 22.7 Å². The summed E-state index contributed by atoms with van der Waals surface area (Å²) >= 11 is 0. The Morgan fingerprint density at radius 3 is 2.50 bits per heavy atom. The van der Waals surface area contributed by atoms with Crippen molar-refractivity contribution in [3.8, 4) is 0 Å². The van der Waals surface area contributed by atoms with Crippen molar-refractivity contribution < 1.29 is 5.11 Å². The van der Waals surface area contributed by atoms with Crippen LogP contribution in [0.4, 0.5) is 5.82 Å². The Labute approximate surface area is 108 Å². The maximum Gasteiger partial charge on any atom is 0.293 e. The number of aliphatic hydroxyl groups excluding tert-OH is 1. The van der Waals surface area contributed by atoms with E-state index in [9.17, 15) is 9.90 Å². The SMILES string of the molecule is CC(C)C(CO)Nc1nccn(C(C)(C)C)c1=O. The summed E-state index contributed by atoms with van der Waals surface area (Å²) in [7, 11) is 0. The Balaban J connectivity index is 3.09. The number of nitrogens with one attached hydrogen (secondary N) is 1. The third-order valence-corrected chi connectivity index (χ3v) is 2.89. The molecule has 0 amide bonds. The third kappa shape index (κ3) is 3.32. The van der Waals surface area contributed by atoms with E-state index in [4.69, 9.17) is 0 Å². The van der Waals surface area contributed by atoms with Crippen molar-refractivity contribution in [1.29, 1.82) is 0 Å². The highest BCUT2D eigenvalue weighted by Gasteiger charge is 2.19. The van der Waals surface area contributed by atoms with Crippen LogP contribution < -0.4 is 10.9 Å². The number of rotatable bonds is 4. The summed E-state index contributed by atoms with van der Waals surface area (Å²) in [6, 6.07) is -0.166. The number of nitrogens with zero attached hydrogens (tertiary/aromatic N) is 2. The molecule has 0 saturated carbocycles. The number of hydrogen-bond acceptors (Lipinski definition) is 4. The quantitative estimate of drug-likeness (QED) is 0.851. The third-order valence-electron chi connectivity index (χ3n) is 2.89. The van der Waals surface area contributed by atoms with Crippen LogP contribution in [0, 0.1) is 5.92 Å². The molecule has 5 heteroatoms. The molecule has 1 rings (SSSR count). The predicted molar refractivity (Wildman–Crippen MR) is 72.8 cm³/mol. The second kappa shape index (κ2) is 5.52. The minimum atomic E-state index is -0.289. The molecule has 2 N–H and O–H groups in total. The molecule has 0 bridgehead atoms. The van der Waals surface area contributed by atoms with Crippen LogP contribution in [-0.4, -0.2) is 27.3 Å². The molecule has 1 unspecified atom stereocenters. The van der Waals surface area contributed by atoms with Gasteiger partial charge in [0.2, 0.25) is 0 Å². The summed E-state index contributed by atoms with van der Waals surface area (Å²) in [5, 5.41) is 12.3. The normalized spacial score (nSPS) is 13.7. The van der Waals surface area contributed by atoms with Gasteiger partial charge in [0, 0.05) is 17.9 Å². The number of aliphatic hydroxyl groups is 1. The largest absolute Gasteiger partial charge is 0.394 e. The Morgan fingerprint density at radius 1 is 1.44 bits per heavy atom. The van der Waals surface area contributed by atoms with Crippen LogP contribution in [0.15, 0.2) is 17.2 Å². The summed E-state index contributed by atoms with van der Waals surface area (Å²) < 4.78 is 1.64. The van der Waals surface area contributed by atoms with Crippen molar-refractivity contribution in [3.63, 3.8) is 0 Å². The molecule has 1 atom stereocenters. The van der Waals surface area contributed by atoms with Gasteiger partial charge in [-0.2, -0.15) is 0 Å². The molecule has 0 radical (unpaired) electrons. The standard InChI is InChI=1S/C13H23N3O2/c1-9(2)10(8-17)15-11-12(18)16(7-6-14-11)13(3,4)5/h6-7,9-10,17H,8H2,1-5H3,(H,14,15). The van der Waals surface area contributed by atoms with Gasteiger partial charge in [0.05, 0.1) is 12.6 Å². The lowest BCUT2D eigenvalue weighted by atomic mass is 10.1. The van der Waals surface area contributed by atoms with E-state index in [1.54, 1.807) is 17.0 Å². The predicted octanol–water partition coefficient (Wildman–Crippen LogP) is 1.43. The van der Waals surface area contributed by atoms with Crippen molar-refractivity contribution in [1.82, 2.24) is 9.55 Å². The van der Waals surface area contributed by atoms with Crippen molar-refractivity contribution in [2.75, 3.05) is 11.9 Å². The fourth-order valence-electron chi connectivity index (χ4n) is 1.64. The Hall–Kier alpha value is -1.36. The van der Waals surface area contributed by atoms with Crippen molar-refractivity contribution in [2.45, 2.75) is 46.2 Å². The topological polar surface area (TPSA) is 67.2 Å². The van der Waals surface area contributed by atoms with Crippen LogP contribution in [0.1, 0.15) is 34.6 Å². The molecule has 0 aromatic carbocycles. The van der Waals surface area contributed by atoms with E-state index >= 15 is 0 Å². The number of aromatic nitrogens is 2. The van der Waals surface area contributed by atoms with E-state index in [2.05, 4.69) is 10.3 Å². The van der Waals surface area contributed by atoms with E-state index in [1.807, 2.05) is 34.6 Å². The zero-order valence-electron chi connectivity index (χ0n) is 11.8. The molecule has 0 saturated heterocycles. The molecule has 5 nitrogen and oxygen atoms in total. The van der Waals surface area contributed by atoms with Gasteiger partial charge in [-0.05, 0) is 26.7 Å². The van der Waals surface area contributed by atoms with Gasteiger partial charge in [-0.25, -0.2) is 4.98 Å². The Bertz CT molecular complexity index is 446. The minimum Gasteiger partial charge on any atom is -0.394 e. The lowest BCUT2D eigenvalue weighted by molar-refractivity contribution is 0.248. The maximum absolute atomic E-state index is 12.2. The minimum absolute atomic E-state index is 0.0246. The van der Waals surface area contributed by atoms with E-state index in [1.165, 1.54) is 0 Å². The number of anilines is 1. The second-order valence-electron chi connectivity index (χ2n) is 5.80. The average molecular weight is 253 g/mol. The van der Waals surface area contributed by atoms with Gasteiger partial charge >= 0.3 is 0 Å². The molecule has 102 valence electrons. The lowest BCUT2D eigenvalue weighted by Gasteiger charge is -2.24. The maximum atomic E-state index is 12.2. The first-order valence-corrected chi connectivity index (χ1v) is 6.23. The Morgan fingerprint density at radius 2 is 2.06 bits per heavy atom. The molecule has 0 aliphatic heterocycles. The van der Waals surface area contributed by atoms with E-state index in [0.29, 0.717) is 5.82 Å². The summed E-state index contributed by atoms with van der Waals surface area (Å²) in [5.74, 6) is 0.514. The van der Waals surface area contributed by atoms with Gasteiger partial charge in [-0.1, -0.05) is 13.8 Å². The average Bonchev–Trinajstić information content (AvgIpc) is 2.25. The highest BCUT2D eigenvalue weighted by atomic mass is 16.3. The Kier molecular flexibility index (Phi) is 4.51. The lowest BCUT2D eigenvalue weighted by Crippen LogP contribution is -2.38.